The summed E-state index contributed by atoms with van der Waals surface area (Å²) in [6.45, 7) is 0. The van der Waals surface area contributed by atoms with E-state index in [0.29, 0.717) is 11.8 Å². The van der Waals surface area contributed by atoms with Gasteiger partial charge in [-0.25, -0.2) is 9.97 Å². The van der Waals surface area contributed by atoms with Crippen LogP contribution in [0, 0.1) is 12.3 Å². The van der Waals surface area contributed by atoms with Crippen LogP contribution in [0.2, 0.25) is 0 Å². The Bertz CT molecular complexity index is 1460. The second-order valence-electron chi connectivity index (χ2n) is 10.6. The predicted octanol–water partition coefficient (Wildman–Crippen LogP) is 9.08. The molecule has 0 radical (unpaired) electrons. The number of carbonyl (C=O) groups is 1. The Morgan fingerprint density at radius 1 is 0.822 bits per heavy atom. The summed E-state index contributed by atoms with van der Waals surface area (Å²) in [6, 6.07) is 3.85. The number of imidazole rings is 2. The van der Waals surface area contributed by atoms with Crippen LogP contribution in [0.25, 0.3) is 11.0 Å². The molecule has 4 heterocycles. The van der Waals surface area contributed by atoms with E-state index in [1.165, 1.54) is 61.6 Å². The number of hydrogen-bond acceptors (Lipinski definition) is 4. The first-order chi connectivity index (χ1) is 20.0. The predicted molar refractivity (Wildman–Crippen MR) is 166 cm³/mol. The summed E-state index contributed by atoms with van der Waals surface area (Å²) in [5, 5.41) is 10.5. The van der Waals surface area contributed by atoms with E-state index in [0.717, 1.165) is 56.4 Å². The van der Waals surface area contributed by atoms with Crippen LogP contribution in [-0.2, 0) is 12.4 Å². The van der Waals surface area contributed by atoms with Crippen molar-refractivity contribution in [3.8, 4) is 0 Å². The number of alkyl halides is 6. The Balaban J connectivity index is 0.000000714. The molecule has 0 aromatic carbocycles. The van der Waals surface area contributed by atoms with E-state index in [-0.39, 0.29) is 67.1 Å². The normalized spacial score (nSPS) is 16.1. The standard InChI is InChI=1S/C15H17F3N2O.C9H5F3N2O.C6H11.CH4.ClH.Mg.H/c16-15(17,18)11-6-12-8-19-9-20(12)13(7-11)14(21)10-4-2-1-3-5-10;10-9(11,12)6-1-7-3-13-5-14(7)8(2-6)4-15;1-2-4-6-5-3-1;;;;/h6-10,14,21H,1-5H2;1-5H;1H,2-6H2;1H4;1H;;/q;;-1;;;+2;-1. The minimum absolute atomic E-state index is 0. The van der Waals surface area contributed by atoms with Gasteiger partial charge in [-0.15, -0.1) is 12.4 Å². The van der Waals surface area contributed by atoms with Gasteiger partial charge < -0.3 is 17.4 Å². The quantitative estimate of drug-likeness (QED) is 0.102. The van der Waals surface area contributed by atoms with E-state index < -0.39 is 29.6 Å². The van der Waals surface area contributed by atoms with E-state index >= 15 is 0 Å². The zero-order chi connectivity index (χ0) is 30.3. The van der Waals surface area contributed by atoms with Gasteiger partial charge in [0, 0.05) is 0 Å². The Morgan fingerprint density at radius 3 is 1.78 bits per heavy atom. The molecule has 0 saturated heterocycles. The fourth-order valence-corrected chi connectivity index (χ4v) is 5.35. The topological polar surface area (TPSA) is 71.9 Å². The Labute approximate surface area is 282 Å². The van der Waals surface area contributed by atoms with Crippen LogP contribution < -0.4 is 0 Å². The smallest absolute Gasteiger partial charge is 1.00 e. The van der Waals surface area contributed by atoms with Crippen LogP contribution >= 0.6 is 12.4 Å². The maximum absolute atomic E-state index is 13.0. The number of aromatic nitrogens is 4. The SMILES string of the molecule is C.Cl.O=Cc1cc(C(F)(F)F)cc2cncn12.OC(c1cc(C(F)(F)F)cc2cncn12)C1CCCCC1.[CH-]1CCCCC1.[H-].[Mg+2]. The summed E-state index contributed by atoms with van der Waals surface area (Å²) < 4.78 is 79.0. The minimum Gasteiger partial charge on any atom is -1.00 e. The van der Waals surface area contributed by atoms with Crippen molar-refractivity contribution in [3.05, 3.63) is 78.2 Å². The summed E-state index contributed by atoms with van der Waals surface area (Å²) in [5.74, 6) is 0.0211. The zero-order valence-corrected chi connectivity index (χ0v) is 26.3. The molecule has 6 nitrogen and oxygen atoms in total. The van der Waals surface area contributed by atoms with E-state index in [4.69, 9.17) is 0 Å². The zero-order valence-electron chi connectivity index (χ0n) is 25.0. The number of aldehydes is 1. The van der Waals surface area contributed by atoms with Crippen molar-refractivity contribution in [1.29, 1.82) is 0 Å². The second kappa shape index (κ2) is 18.1. The van der Waals surface area contributed by atoms with Crippen LogP contribution in [0.1, 0.15) is 106 Å². The maximum Gasteiger partial charge on any atom is 2.00 e. The number of pyridine rings is 2. The van der Waals surface area contributed by atoms with Gasteiger partial charge in [-0.1, -0.05) is 46.0 Å². The molecule has 1 atom stereocenters. The number of nitrogens with zero attached hydrogens (tertiary/aromatic N) is 4. The van der Waals surface area contributed by atoms with Crippen LogP contribution in [-0.4, -0.2) is 53.2 Å². The van der Waals surface area contributed by atoms with Crippen molar-refractivity contribution < 1.29 is 37.7 Å². The van der Waals surface area contributed by atoms with Gasteiger partial charge in [-0.3, -0.25) is 9.20 Å². The van der Waals surface area contributed by atoms with Crippen LogP contribution in [0.3, 0.4) is 0 Å². The molecule has 4 aromatic rings. The minimum atomic E-state index is -4.45. The number of carbonyl (C=O) groups excluding carboxylic acids is 1. The van der Waals surface area contributed by atoms with Gasteiger partial charge in [-0.05, 0) is 43.0 Å². The third kappa shape index (κ3) is 10.9. The third-order valence-corrected chi connectivity index (χ3v) is 7.60. The molecule has 14 heteroatoms. The van der Waals surface area contributed by atoms with Gasteiger partial charge in [0.2, 0.25) is 0 Å². The van der Waals surface area contributed by atoms with E-state index in [1.54, 1.807) is 4.40 Å². The molecule has 45 heavy (non-hydrogen) atoms. The molecule has 1 N–H and O–H groups in total. The molecule has 0 bridgehead atoms. The summed E-state index contributed by atoms with van der Waals surface area (Å²) in [5.41, 5.74) is -0.777. The van der Waals surface area contributed by atoms with Crippen LogP contribution in [0.15, 0.2) is 49.3 Å². The van der Waals surface area contributed by atoms with E-state index in [9.17, 15) is 36.2 Å². The van der Waals surface area contributed by atoms with Crippen molar-refractivity contribution in [1.82, 2.24) is 18.8 Å². The van der Waals surface area contributed by atoms with Crippen molar-refractivity contribution in [2.45, 2.75) is 90.1 Å². The van der Waals surface area contributed by atoms with Crippen molar-refractivity contribution in [3.63, 3.8) is 0 Å². The van der Waals surface area contributed by atoms with Crippen molar-refractivity contribution in [2.24, 2.45) is 5.92 Å². The first-order valence-electron chi connectivity index (χ1n) is 14.0. The maximum atomic E-state index is 13.0. The van der Waals surface area contributed by atoms with Crippen LogP contribution in [0.5, 0.6) is 0 Å². The molecule has 2 aliphatic rings. The first kappa shape index (κ1) is 40.7. The Kier molecular flexibility index (Phi) is 16.4. The fraction of sp³-hybridized carbons (Fsp3) is 0.484. The Morgan fingerprint density at radius 2 is 1.31 bits per heavy atom. The molecule has 1 unspecified atom stereocenters. The van der Waals surface area contributed by atoms with Gasteiger partial charge in [0.1, 0.15) is 0 Å². The number of halogens is 7. The van der Waals surface area contributed by atoms with Gasteiger partial charge in [0.15, 0.2) is 6.29 Å². The summed E-state index contributed by atoms with van der Waals surface area (Å²) in [4.78, 5) is 18.1. The van der Waals surface area contributed by atoms with Gasteiger partial charge in [0.05, 0.1) is 64.7 Å². The molecule has 4 aromatic heterocycles. The van der Waals surface area contributed by atoms with Gasteiger partial charge in [0.25, 0.3) is 0 Å². The average Bonchev–Trinajstić information content (AvgIpc) is 3.67. The number of fused-ring (bicyclic) bond motifs is 2. The molecule has 2 aliphatic carbocycles. The summed E-state index contributed by atoms with van der Waals surface area (Å²) in [6.07, 6.45) is 10.4. The molecular weight excluding hydrogens is 634 g/mol. The molecule has 0 amide bonds. The molecule has 2 fully saturated rings. The fourth-order valence-electron chi connectivity index (χ4n) is 5.35. The molecule has 0 spiro atoms. The van der Waals surface area contributed by atoms with Crippen molar-refractivity contribution in [2.75, 3.05) is 0 Å². The number of aliphatic hydroxyl groups excluding tert-OH is 1. The van der Waals surface area contributed by atoms with E-state index in [2.05, 4.69) is 16.4 Å². The largest absolute Gasteiger partial charge is 2.00 e. The first-order valence-corrected chi connectivity index (χ1v) is 14.0. The summed E-state index contributed by atoms with van der Waals surface area (Å²) >= 11 is 0. The van der Waals surface area contributed by atoms with Gasteiger partial charge in [-0.2, -0.15) is 39.2 Å². The number of aliphatic hydroxyl groups is 1. The Hall–Kier alpha value is -2.35. The van der Waals surface area contributed by atoms with Gasteiger partial charge >= 0.3 is 35.4 Å². The monoisotopic (exact) mass is 672 g/mol. The van der Waals surface area contributed by atoms with Crippen LogP contribution in [0.4, 0.5) is 26.3 Å². The van der Waals surface area contributed by atoms with E-state index in [1.807, 2.05) is 0 Å². The number of rotatable bonds is 3. The molecule has 0 aliphatic heterocycles. The molecule has 6 rings (SSSR count). The molecule has 246 valence electrons. The molecule has 2 saturated carbocycles. The molecular formula is C31H39ClF6MgN4O2. The average molecular weight is 673 g/mol. The number of hydrogen-bond donors (Lipinski definition) is 1. The van der Waals surface area contributed by atoms with Crippen molar-refractivity contribution >= 4 is 52.8 Å². The third-order valence-electron chi connectivity index (χ3n) is 7.60. The second-order valence-corrected chi connectivity index (χ2v) is 10.6. The summed E-state index contributed by atoms with van der Waals surface area (Å²) in [7, 11) is 0.